The van der Waals surface area contributed by atoms with E-state index in [2.05, 4.69) is 4.98 Å². The molecule has 1 aliphatic rings. The zero-order chi connectivity index (χ0) is 18.5. The van der Waals surface area contributed by atoms with Gasteiger partial charge in [0.1, 0.15) is 5.75 Å². The molecule has 0 spiro atoms. The number of pyridine rings is 1. The fourth-order valence-electron chi connectivity index (χ4n) is 3.49. The van der Waals surface area contributed by atoms with E-state index in [-0.39, 0.29) is 11.5 Å². The third kappa shape index (κ3) is 4.32. The Labute approximate surface area is 153 Å². The largest absolute Gasteiger partial charge is 0.497 e. The number of piperidine rings is 1. The number of carbonyl (C=O) groups is 1. The van der Waals surface area contributed by atoms with Crippen LogP contribution in [0.2, 0.25) is 0 Å². The van der Waals surface area contributed by atoms with Gasteiger partial charge in [-0.1, -0.05) is 12.1 Å². The lowest BCUT2D eigenvalue weighted by Gasteiger charge is -2.33. The minimum absolute atomic E-state index is 0.00910. The Morgan fingerprint density at radius 3 is 2.58 bits per heavy atom. The molecule has 1 saturated heterocycles. The second-order valence-corrected chi connectivity index (χ2v) is 6.74. The highest BCUT2D eigenvalue weighted by molar-refractivity contribution is 5.82. The Balaban J connectivity index is 1.54. The van der Waals surface area contributed by atoms with Gasteiger partial charge in [-0.3, -0.25) is 9.59 Å². The molecule has 1 aromatic heterocycles. The first-order valence-corrected chi connectivity index (χ1v) is 8.93. The van der Waals surface area contributed by atoms with Crippen LogP contribution in [-0.2, 0) is 11.2 Å². The van der Waals surface area contributed by atoms with Crippen LogP contribution in [0.4, 0.5) is 0 Å². The van der Waals surface area contributed by atoms with Crippen molar-refractivity contribution in [2.75, 3.05) is 20.2 Å². The molecule has 2 aromatic rings. The van der Waals surface area contributed by atoms with Crippen LogP contribution >= 0.6 is 0 Å². The molecule has 3 N–H and O–H groups in total. The quantitative estimate of drug-likeness (QED) is 0.854. The van der Waals surface area contributed by atoms with E-state index in [0.29, 0.717) is 25.4 Å². The van der Waals surface area contributed by atoms with Gasteiger partial charge in [0, 0.05) is 25.4 Å². The van der Waals surface area contributed by atoms with Crippen LogP contribution in [0.15, 0.2) is 47.4 Å². The number of likely N-dealkylation sites (tertiary alicyclic amines) is 1. The monoisotopic (exact) mass is 355 g/mol. The Bertz CT molecular complexity index is 792. The van der Waals surface area contributed by atoms with Gasteiger partial charge in [0.05, 0.1) is 13.2 Å². The highest BCUT2D eigenvalue weighted by Crippen LogP contribution is 2.27. The molecule has 138 valence electrons. The van der Waals surface area contributed by atoms with E-state index in [0.717, 1.165) is 29.7 Å². The number of aromatic amines is 1. The minimum Gasteiger partial charge on any atom is -0.497 e. The molecular formula is C20H25N3O3. The molecule has 1 aromatic carbocycles. The number of aromatic nitrogens is 1. The zero-order valence-electron chi connectivity index (χ0n) is 15.0. The first-order valence-electron chi connectivity index (χ1n) is 8.93. The summed E-state index contributed by atoms with van der Waals surface area (Å²) in [4.78, 5) is 28.6. The Kier molecular flexibility index (Phi) is 5.73. The summed E-state index contributed by atoms with van der Waals surface area (Å²) >= 11 is 0. The van der Waals surface area contributed by atoms with E-state index in [4.69, 9.17) is 10.5 Å². The highest BCUT2D eigenvalue weighted by Gasteiger charge is 2.27. The molecule has 1 atom stereocenters. The fourth-order valence-corrected chi connectivity index (χ4v) is 3.49. The number of ether oxygens (including phenoxy) is 1. The van der Waals surface area contributed by atoms with Gasteiger partial charge in [-0.15, -0.1) is 0 Å². The first-order chi connectivity index (χ1) is 12.6. The number of amides is 1. The van der Waals surface area contributed by atoms with Crippen molar-refractivity contribution < 1.29 is 9.53 Å². The molecule has 3 rings (SSSR count). The van der Waals surface area contributed by atoms with Crippen LogP contribution in [-0.4, -0.2) is 42.0 Å². The van der Waals surface area contributed by atoms with Gasteiger partial charge >= 0.3 is 0 Å². The predicted molar refractivity (Wildman–Crippen MR) is 100 cm³/mol. The van der Waals surface area contributed by atoms with Crippen molar-refractivity contribution in [3.8, 4) is 5.75 Å². The third-order valence-electron chi connectivity index (χ3n) is 5.01. The maximum atomic E-state index is 12.6. The lowest BCUT2D eigenvalue weighted by atomic mass is 9.89. The Morgan fingerprint density at radius 2 is 1.96 bits per heavy atom. The van der Waals surface area contributed by atoms with Crippen LogP contribution in [0.25, 0.3) is 0 Å². The summed E-state index contributed by atoms with van der Waals surface area (Å²) in [6.45, 7) is 1.35. The SMILES string of the molecule is COc1ccc(C[C@H](N)C(=O)N2CCC(c3cc[nH]c(=O)c3)CC2)cc1. The van der Waals surface area contributed by atoms with E-state index in [1.165, 1.54) is 0 Å². The minimum atomic E-state index is -0.542. The zero-order valence-corrected chi connectivity index (χ0v) is 15.0. The van der Waals surface area contributed by atoms with Crippen LogP contribution in [0.3, 0.4) is 0 Å². The first kappa shape index (κ1) is 18.2. The van der Waals surface area contributed by atoms with Crippen molar-refractivity contribution in [1.29, 1.82) is 0 Å². The number of nitrogens with zero attached hydrogens (tertiary/aromatic N) is 1. The molecule has 1 fully saturated rings. The molecule has 1 aliphatic heterocycles. The summed E-state index contributed by atoms with van der Waals surface area (Å²) < 4.78 is 5.14. The van der Waals surface area contributed by atoms with Crippen molar-refractivity contribution in [3.05, 3.63) is 64.1 Å². The maximum Gasteiger partial charge on any atom is 0.248 e. The van der Waals surface area contributed by atoms with E-state index in [1.807, 2.05) is 35.2 Å². The molecule has 0 aliphatic carbocycles. The summed E-state index contributed by atoms with van der Waals surface area (Å²) in [6, 6.07) is 10.7. The van der Waals surface area contributed by atoms with Gasteiger partial charge in [-0.2, -0.15) is 0 Å². The number of nitrogens with one attached hydrogen (secondary N) is 1. The number of hydrogen-bond donors (Lipinski definition) is 2. The molecule has 6 heteroatoms. The van der Waals surface area contributed by atoms with Crippen molar-refractivity contribution in [1.82, 2.24) is 9.88 Å². The lowest BCUT2D eigenvalue weighted by molar-refractivity contribution is -0.133. The Hall–Kier alpha value is -2.60. The lowest BCUT2D eigenvalue weighted by Crippen LogP contribution is -2.47. The molecule has 0 unspecified atom stereocenters. The topological polar surface area (TPSA) is 88.4 Å². The standard InChI is InChI=1S/C20H25N3O3/c1-26-17-4-2-14(3-5-17)12-18(21)20(25)23-10-7-15(8-11-23)16-6-9-22-19(24)13-16/h2-6,9,13,15,18H,7-8,10-12,21H2,1H3,(H,22,24)/t18-/m0/s1. The van der Waals surface area contributed by atoms with Gasteiger partial charge in [-0.05, 0) is 54.5 Å². The number of H-pyrrole nitrogens is 1. The van der Waals surface area contributed by atoms with Gasteiger partial charge in [0.2, 0.25) is 11.5 Å². The summed E-state index contributed by atoms with van der Waals surface area (Å²) in [5.74, 6) is 1.10. The number of hydrogen-bond acceptors (Lipinski definition) is 4. The van der Waals surface area contributed by atoms with E-state index < -0.39 is 6.04 Å². The molecule has 0 radical (unpaired) electrons. The van der Waals surface area contributed by atoms with Gasteiger partial charge in [0.15, 0.2) is 0 Å². The van der Waals surface area contributed by atoms with Gasteiger partial charge < -0.3 is 20.4 Å². The van der Waals surface area contributed by atoms with Crippen molar-refractivity contribution in [2.24, 2.45) is 5.73 Å². The molecule has 2 heterocycles. The van der Waals surface area contributed by atoms with Crippen LogP contribution in [0.1, 0.15) is 29.9 Å². The summed E-state index contributed by atoms with van der Waals surface area (Å²) in [6.07, 6.45) is 3.89. The van der Waals surface area contributed by atoms with E-state index in [9.17, 15) is 9.59 Å². The summed E-state index contributed by atoms with van der Waals surface area (Å²) in [5, 5.41) is 0. The second kappa shape index (κ2) is 8.19. The van der Waals surface area contributed by atoms with E-state index >= 15 is 0 Å². The van der Waals surface area contributed by atoms with Crippen LogP contribution < -0.4 is 16.0 Å². The maximum absolute atomic E-state index is 12.6. The van der Waals surface area contributed by atoms with Crippen molar-refractivity contribution in [2.45, 2.75) is 31.2 Å². The smallest absolute Gasteiger partial charge is 0.248 e. The van der Waals surface area contributed by atoms with Gasteiger partial charge in [-0.25, -0.2) is 0 Å². The Morgan fingerprint density at radius 1 is 1.27 bits per heavy atom. The molecule has 0 bridgehead atoms. The number of carbonyl (C=O) groups excluding carboxylic acids is 1. The van der Waals surface area contributed by atoms with Gasteiger partial charge in [0.25, 0.3) is 0 Å². The number of rotatable bonds is 5. The molecule has 26 heavy (non-hydrogen) atoms. The average molecular weight is 355 g/mol. The summed E-state index contributed by atoms with van der Waals surface area (Å²) in [5.41, 5.74) is 8.13. The van der Waals surface area contributed by atoms with E-state index in [1.54, 1.807) is 19.4 Å². The van der Waals surface area contributed by atoms with Crippen LogP contribution in [0, 0.1) is 0 Å². The number of methoxy groups -OCH3 is 1. The molecule has 1 amide bonds. The predicted octanol–water partition coefficient (Wildman–Crippen LogP) is 1.66. The van der Waals surface area contributed by atoms with Crippen molar-refractivity contribution >= 4 is 5.91 Å². The fraction of sp³-hybridized carbons (Fsp3) is 0.400. The number of benzene rings is 1. The highest BCUT2D eigenvalue weighted by atomic mass is 16.5. The molecular weight excluding hydrogens is 330 g/mol. The third-order valence-corrected chi connectivity index (χ3v) is 5.01. The molecule has 0 saturated carbocycles. The summed E-state index contributed by atoms with van der Waals surface area (Å²) in [7, 11) is 1.62. The average Bonchev–Trinajstić information content (AvgIpc) is 2.68. The second-order valence-electron chi connectivity index (χ2n) is 6.74. The normalized spacial score (nSPS) is 16.3. The van der Waals surface area contributed by atoms with Crippen molar-refractivity contribution in [3.63, 3.8) is 0 Å². The van der Waals surface area contributed by atoms with Crippen LogP contribution in [0.5, 0.6) is 5.75 Å². The number of nitrogens with two attached hydrogens (primary N) is 1. The molecule has 6 nitrogen and oxygen atoms in total.